The van der Waals surface area contributed by atoms with Gasteiger partial charge < -0.3 is 10.3 Å². The second-order valence-electron chi connectivity index (χ2n) is 7.03. The lowest BCUT2D eigenvalue weighted by atomic mass is 9.79. The average Bonchev–Trinajstić information content (AvgIpc) is 3.11. The van der Waals surface area contributed by atoms with Gasteiger partial charge in [0.05, 0.1) is 0 Å². The Hall–Kier alpha value is -2.21. The largest absolute Gasteiger partial charge is 0.351 e. The summed E-state index contributed by atoms with van der Waals surface area (Å²) in [7, 11) is 0. The fraction of sp³-hybridized carbons (Fsp3) is 0.421. The van der Waals surface area contributed by atoms with E-state index in [2.05, 4.69) is 22.1 Å². The van der Waals surface area contributed by atoms with Crippen LogP contribution in [0.15, 0.2) is 30.3 Å². The summed E-state index contributed by atoms with van der Waals surface area (Å²) in [5, 5.41) is 3.16. The van der Waals surface area contributed by atoms with Gasteiger partial charge in [-0.05, 0) is 69.1 Å². The molecule has 0 radical (unpaired) electrons. The molecule has 1 aromatic carbocycles. The summed E-state index contributed by atoms with van der Waals surface area (Å²) in [5.41, 5.74) is 1.53. The molecule has 5 rings (SSSR count). The van der Waals surface area contributed by atoms with Gasteiger partial charge in [-0.3, -0.25) is 9.69 Å². The summed E-state index contributed by atoms with van der Waals surface area (Å²) >= 11 is 0. The second-order valence-corrected chi connectivity index (χ2v) is 7.03. The highest BCUT2D eigenvalue weighted by Crippen LogP contribution is 2.32. The molecule has 3 aliphatic rings. The molecule has 132 valence electrons. The number of aromatic nitrogens is 1. The van der Waals surface area contributed by atoms with E-state index < -0.39 is 11.6 Å². The number of amides is 1. The highest BCUT2D eigenvalue weighted by Gasteiger charge is 2.40. The van der Waals surface area contributed by atoms with Crippen molar-refractivity contribution < 1.29 is 13.6 Å². The van der Waals surface area contributed by atoms with Crippen molar-refractivity contribution in [3.05, 3.63) is 47.7 Å². The van der Waals surface area contributed by atoms with Crippen molar-refractivity contribution >= 4 is 5.91 Å². The molecule has 2 aromatic rings. The van der Waals surface area contributed by atoms with Gasteiger partial charge in [-0.25, -0.2) is 8.78 Å². The topological polar surface area (TPSA) is 48.1 Å². The Labute approximate surface area is 145 Å². The van der Waals surface area contributed by atoms with E-state index in [0.29, 0.717) is 28.9 Å². The van der Waals surface area contributed by atoms with Gasteiger partial charge in [0, 0.05) is 23.3 Å². The summed E-state index contributed by atoms with van der Waals surface area (Å²) in [5.74, 6) is -1.41. The number of hydrogen-bond donors (Lipinski definition) is 2. The van der Waals surface area contributed by atoms with E-state index in [1.54, 1.807) is 12.1 Å². The fourth-order valence-electron chi connectivity index (χ4n) is 4.13. The molecule has 3 aliphatic heterocycles. The summed E-state index contributed by atoms with van der Waals surface area (Å²) in [4.78, 5) is 18.0. The third kappa shape index (κ3) is 2.95. The minimum Gasteiger partial charge on any atom is -0.351 e. The lowest BCUT2D eigenvalue weighted by molar-refractivity contribution is 0.0216. The number of hydrogen-bond acceptors (Lipinski definition) is 2. The molecule has 4 nitrogen and oxygen atoms in total. The summed E-state index contributed by atoms with van der Waals surface area (Å²) in [6.45, 7) is 4.39. The molecule has 0 aliphatic carbocycles. The molecular formula is C19H21F2N3O. The van der Waals surface area contributed by atoms with Gasteiger partial charge in [0.25, 0.3) is 5.91 Å². The Morgan fingerprint density at radius 3 is 2.60 bits per heavy atom. The highest BCUT2D eigenvalue weighted by molar-refractivity contribution is 5.93. The van der Waals surface area contributed by atoms with Crippen LogP contribution in [0.2, 0.25) is 0 Å². The molecule has 0 saturated carbocycles. The number of nitrogens with one attached hydrogen (secondary N) is 2. The highest BCUT2D eigenvalue weighted by atomic mass is 19.2. The molecule has 4 heterocycles. The van der Waals surface area contributed by atoms with Crippen molar-refractivity contribution in [2.75, 3.05) is 13.1 Å². The van der Waals surface area contributed by atoms with E-state index in [0.717, 1.165) is 38.1 Å². The van der Waals surface area contributed by atoms with Gasteiger partial charge in [-0.1, -0.05) is 0 Å². The van der Waals surface area contributed by atoms with Crippen molar-refractivity contribution in [1.82, 2.24) is 15.2 Å². The van der Waals surface area contributed by atoms with Gasteiger partial charge in [-0.15, -0.1) is 0 Å². The lowest BCUT2D eigenvalue weighted by Crippen LogP contribution is -2.62. The Balaban J connectivity index is 1.50. The molecule has 0 unspecified atom stereocenters. The van der Waals surface area contributed by atoms with Crippen molar-refractivity contribution in [2.24, 2.45) is 5.92 Å². The molecule has 1 amide bonds. The van der Waals surface area contributed by atoms with Crippen LogP contribution >= 0.6 is 0 Å². The number of halogens is 2. The number of carbonyl (C=O) groups is 1. The van der Waals surface area contributed by atoms with Gasteiger partial charge in [0.1, 0.15) is 5.69 Å². The number of carbonyl (C=O) groups excluding carboxylic acids is 1. The summed E-state index contributed by atoms with van der Waals surface area (Å²) < 4.78 is 26.5. The molecule has 0 spiro atoms. The molecule has 1 aromatic heterocycles. The predicted octanol–water partition coefficient (Wildman–Crippen LogP) is 3.17. The van der Waals surface area contributed by atoms with Crippen LogP contribution in [0.3, 0.4) is 0 Å². The number of nitrogens with zero attached hydrogens (tertiary/aromatic N) is 1. The van der Waals surface area contributed by atoms with Gasteiger partial charge in [0.15, 0.2) is 11.6 Å². The van der Waals surface area contributed by atoms with E-state index >= 15 is 0 Å². The zero-order chi connectivity index (χ0) is 17.6. The Morgan fingerprint density at radius 2 is 1.92 bits per heavy atom. The SMILES string of the molecule is C[C@@H]1[C@H](NC(=O)c2ccc(-c3ccc(F)c(F)c3)[nH]2)C2CCN1CC2. The van der Waals surface area contributed by atoms with Gasteiger partial charge in [0.2, 0.25) is 0 Å². The molecule has 3 fully saturated rings. The predicted molar refractivity (Wildman–Crippen MR) is 91.2 cm³/mol. The molecule has 6 heteroatoms. The normalized spacial score (nSPS) is 28.1. The maximum Gasteiger partial charge on any atom is 0.267 e. The quantitative estimate of drug-likeness (QED) is 0.898. The van der Waals surface area contributed by atoms with Crippen LogP contribution < -0.4 is 5.32 Å². The smallest absolute Gasteiger partial charge is 0.267 e. The van der Waals surface area contributed by atoms with Gasteiger partial charge >= 0.3 is 0 Å². The third-order valence-electron chi connectivity index (χ3n) is 5.64. The first-order valence-electron chi connectivity index (χ1n) is 8.72. The standard InChI is InChI=1S/C19H21F2N3O/c1-11-18(12-6-8-24(11)9-7-12)23-19(25)17-5-4-16(22-17)13-2-3-14(20)15(21)10-13/h2-5,10-12,18,22H,6-9H2,1H3,(H,23,25)/t11-,18+/m1/s1. The average molecular weight is 345 g/mol. The van der Waals surface area contributed by atoms with Crippen LogP contribution in [0.4, 0.5) is 8.78 Å². The van der Waals surface area contributed by atoms with Crippen LogP contribution in [0, 0.1) is 17.6 Å². The third-order valence-corrected chi connectivity index (χ3v) is 5.64. The van der Waals surface area contributed by atoms with Gasteiger partial charge in [-0.2, -0.15) is 0 Å². The Morgan fingerprint density at radius 1 is 1.16 bits per heavy atom. The molecule has 2 atom stereocenters. The van der Waals surface area contributed by atoms with E-state index in [9.17, 15) is 13.6 Å². The molecular weight excluding hydrogens is 324 g/mol. The molecule has 2 N–H and O–H groups in total. The maximum absolute atomic E-state index is 13.4. The zero-order valence-electron chi connectivity index (χ0n) is 14.1. The number of H-pyrrole nitrogens is 1. The maximum atomic E-state index is 13.4. The number of benzene rings is 1. The van der Waals surface area contributed by atoms with Crippen molar-refractivity contribution in [3.8, 4) is 11.3 Å². The van der Waals surface area contributed by atoms with E-state index in [4.69, 9.17) is 0 Å². The van der Waals surface area contributed by atoms with Crippen LogP contribution in [-0.4, -0.2) is 41.0 Å². The Kier molecular flexibility index (Phi) is 4.07. The summed E-state index contributed by atoms with van der Waals surface area (Å²) in [6.07, 6.45) is 2.25. The zero-order valence-corrected chi connectivity index (χ0v) is 14.1. The minimum atomic E-state index is -0.904. The lowest BCUT2D eigenvalue weighted by Gasteiger charge is -2.49. The van der Waals surface area contributed by atoms with Crippen LogP contribution in [-0.2, 0) is 0 Å². The van der Waals surface area contributed by atoms with Crippen LogP contribution in [0.25, 0.3) is 11.3 Å². The Bertz CT molecular complexity index is 794. The fourth-order valence-corrected chi connectivity index (χ4v) is 4.13. The number of rotatable bonds is 3. The molecule has 3 saturated heterocycles. The second kappa shape index (κ2) is 6.26. The van der Waals surface area contributed by atoms with Crippen LogP contribution in [0.1, 0.15) is 30.3 Å². The number of fused-ring (bicyclic) bond motifs is 3. The number of piperidine rings is 3. The first-order valence-corrected chi connectivity index (χ1v) is 8.72. The van der Waals surface area contributed by atoms with Crippen molar-refractivity contribution in [1.29, 1.82) is 0 Å². The minimum absolute atomic E-state index is 0.153. The first kappa shape index (κ1) is 16.3. The first-order chi connectivity index (χ1) is 12.0. The van der Waals surface area contributed by atoms with E-state index in [-0.39, 0.29) is 11.9 Å². The van der Waals surface area contributed by atoms with Crippen molar-refractivity contribution in [3.63, 3.8) is 0 Å². The van der Waals surface area contributed by atoms with E-state index in [1.165, 1.54) is 6.07 Å². The monoisotopic (exact) mass is 345 g/mol. The molecule has 25 heavy (non-hydrogen) atoms. The van der Waals surface area contributed by atoms with Crippen LogP contribution in [0.5, 0.6) is 0 Å². The van der Waals surface area contributed by atoms with Crippen molar-refractivity contribution in [2.45, 2.75) is 31.8 Å². The van der Waals surface area contributed by atoms with E-state index in [1.807, 2.05) is 0 Å². The summed E-state index contributed by atoms with van der Waals surface area (Å²) in [6, 6.07) is 7.58. The number of aromatic amines is 1. The molecule has 2 bridgehead atoms.